The summed E-state index contributed by atoms with van der Waals surface area (Å²) in [6.45, 7) is 0. The molecule has 0 aliphatic heterocycles. The van der Waals surface area contributed by atoms with E-state index in [0.717, 1.165) is 5.56 Å². The number of nitrogens with zero attached hydrogens (tertiary/aromatic N) is 1. The standard InChI is InChI=1S/C16H15NO4/c1-20-14-6-7-15(21-2)12(9-14)10-17-13-5-3-4-11(8-13)16(18)19/h3-10H,1-2H3,(H,18,19). The second-order valence-electron chi connectivity index (χ2n) is 4.22. The predicted octanol–water partition coefficient (Wildman–Crippen LogP) is 3.15. The van der Waals surface area contributed by atoms with Gasteiger partial charge < -0.3 is 14.6 Å². The molecule has 0 fully saturated rings. The molecule has 2 rings (SSSR count). The molecule has 0 radical (unpaired) electrons. The van der Waals surface area contributed by atoms with Crippen molar-refractivity contribution in [3.8, 4) is 11.5 Å². The Morgan fingerprint density at radius 1 is 1.14 bits per heavy atom. The fourth-order valence-corrected chi connectivity index (χ4v) is 1.80. The Balaban J connectivity index is 2.32. The third kappa shape index (κ3) is 3.60. The molecule has 0 spiro atoms. The molecule has 5 nitrogen and oxygen atoms in total. The lowest BCUT2D eigenvalue weighted by Crippen LogP contribution is -1.95. The van der Waals surface area contributed by atoms with Gasteiger partial charge in [-0.2, -0.15) is 0 Å². The van der Waals surface area contributed by atoms with Crippen LogP contribution >= 0.6 is 0 Å². The number of carboxylic acid groups (broad SMARTS) is 1. The fourth-order valence-electron chi connectivity index (χ4n) is 1.80. The molecule has 1 N–H and O–H groups in total. The molecular weight excluding hydrogens is 270 g/mol. The highest BCUT2D eigenvalue weighted by Crippen LogP contribution is 2.23. The van der Waals surface area contributed by atoms with Gasteiger partial charge in [-0.25, -0.2) is 4.79 Å². The molecule has 0 aromatic heterocycles. The van der Waals surface area contributed by atoms with E-state index >= 15 is 0 Å². The van der Waals surface area contributed by atoms with E-state index in [4.69, 9.17) is 14.6 Å². The molecular formula is C16H15NO4. The number of benzene rings is 2. The fraction of sp³-hybridized carbons (Fsp3) is 0.125. The molecule has 0 heterocycles. The van der Waals surface area contributed by atoms with Crippen LogP contribution in [0.15, 0.2) is 47.5 Å². The quantitative estimate of drug-likeness (QED) is 0.857. The molecule has 0 atom stereocenters. The average Bonchev–Trinajstić information content (AvgIpc) is 2.52. The predicted molar refractivity (Wildman–Crippen MR) is 80.2 cm³/mol. The van der Waals surface area contributed by atoms with Crippen molar-refractivity contribution in [2.75, 3.05) is 14.2 Å². The van der Waals surface area contributed by atoms with Gasteiger partial charge in [-0.15, -0.1) is 0 Å². The van der Waals surface area contributed by atoms with Crippen molar-refractivity contribution >= 4 is 17.9 Å². The average molecular weight is 285 g/mol. The summed E-state index contributed by atoms with van der Waals surface area (Å²) in [6, 6.07) is 11.8. The minimum Gasteiger partial charge on any atom is -0.497 e. The number of aromatic carboxylic acids is 1. The first-order chi connectivity index (χ1) is 10.1. The molecule has 0 bridgehead atoms. The van der Waals surface area contributed by atoms with E-state index in [1.807, 2.05) is 0 Å². The number of aliphatic imine (C=N–C) groups is 1. The molecule has 0 saturated carbocycles. The normalized spacial score (nSPS) is 10.6. The van der Waals surface area contributed by atoms with E-state index in [-0.39, 0.29) is 5.56 Å². The summed E-state index contributed by atoms with van der Waals surface area (Å²) in [6.07, 6.45) is 1.61. The van der Waals surface area contributed by atoms with E-state index in [2.05, 4.69) is 4.99 Å². The van der Waals surface area contributed by atoms with Gasteiger partial charge in [0, 0.05) is 11.8 Å². The maximum atomic E-state index is 10.9. The Kier molecular flexibility index (Phi) is 4.56. The van der Waals surface area contributed by atoms with Crippen LogP contribution in [0.2, 0.25) is 0 Å². The van der Waals surface area contributed by atoms with Gasteiger partial charge >= 0.3 is 5.97 Å². The zero-order chi connectivity index (χ0) is 15.2. The zero-order valence-electron chi connectivity index (χ0n) is 11.7. The summed E-state index contributed by atoms with van der Waals surface area (Å²) in [4.78, 5) is 15.2. The Bertz CT molecular complexity index is 680. The zero-order valence-corrected chi connectivity index (χ0v) is 11.7. The van der Waals surface area contributed by atoms with Crippen molar-refractivity contribution in [1.29, 1.82) is 0 Å². The van der Waals surface area contributed by atoms with E-state index in [1.54, 1.807) is 50.8 Å². The second-order valence-corrected chi connectivity index (χ2v) is 4.22. The maximum Gasteiger partial charge on any atom is 0.335 e. The highest BCUT2D eigenvalue weighted by atomic mass is 16.5. The van der Waals surface area contributed by atoms with Crippen LogP contribution < -0.4 is 9.47 Å². The van der Waals surface area contributed by atoms with Crippen LogP contribution in [0.5, 0.6) is 11.5 Å². The van der Waals surface area contributed by atoms with Crippen molar-refractivity contribution < 1.29 is 19.4 Å². The summed E-state index contributed by atoms with van der Waals surface area (Å²) in [5.74, 6) is 0.372. The summed E-state index contributed by atoms with van der Waals surface area (Å²) in [5.41, 5.74) is 1.50. The van der Waals surface area contributed by atoms with E-state index in [1.165, 1.54) is 12.1 Å². The van der Waals surface area contributed by atoms with Gasteiger partial charge in [0.25, 0.3) is 0 Å². The molecule has 0 unspecified atom stereocenters. The Morgan fingerprint density at radius 2 is 1.95 bits per heavy atom. The first-order valence-corrected chi connectivity index (χ1v) is 6.23. The highest BCUT2D eigenvalue weighted by Gasteiger charge is 2.04. The molecule has 0 aliphatic carbocycles. The molecule has 0 saturated heterocycles. The lowest BCUT2D eigenvalue weighted by atomic mass is 10.2. The van der Waals surface area contributed by atoms with Gasteiger partial charge in [0.1, 0.15) is 11.5 Å². The molecule has 108 valence electrons. The number of carboxylic acids is 1. The molecule has 0 aliphatic rings. The monoisotopic (exact) mass is 285 g/mol. The third-order valence-electron chi connectivity index (χ3n) is 2.88. The summed E-state index contributed by atoms with van der Waals surface area (Å²) < 4.78 is 10.4. The van der Waals surface area contributed by atoms with Crippen LogP contribution in [0, 0.1) is 0 Å². The Morgan fingerprint density at radius 3 is 2.62 bits per heavy atom. The van der Waals surface area contributed by atoms with Crippen LogP contribution in [-0.2, 0) is 0 Å². The number of rotatable bonds is 5. The van der Waals surface area contributed by atoms with Crippen LogP contribution in [0.4, 0.5) is 5.69 Å². The lowest BCUT2D eigenvalue weighted by Gasteiger charge is -2.06. The minimum atomic E-state index is -0.981. The van der Waals surface area contributed by atoms with Crippen LogP contribution in [0.1, 0.15) is 15.9 Å². The van der Waals surface area contributed by atoms with Gasteiger partial charge in [0.05, 0.1) is 25.5 Å². The second kappa shape index (κ2) is 6.56. The van der Waals surface area contributed by atoms with Gasteiger partial charge in [0.2, 0.25) is 0 Å². The summed E-state index contributed by atoms with van der Waals surface area (Å²) in [5, 5.41) is 8.96. The molecule has 2 aromatic carbocycles. The lowest BCUT2D eigenvalue weighted by molar-refractivity contribution is 0.0697. The Labute approximate surface area is 122 Å². The molecule has 5 heteroatoms. The number of carbonyl (C=O) groups is 1. The summed E-state index contributed by atoms with van der Waals surface area (Å²) in [7, 11) is 3.16. The maximum absolute atomic E-state index is 10.9. The topological polar surface area (TPSA) is 68.1 Å². The number of ether oxygens (including phenoxy) is 2. The van der Waals surface area contributed by atoms with Crippen molar-refractivity contribution in [3.05, 3.63) is 53.6 Å². The summed E-state index contributed by atoms with van der Waals surface area (Å²) >= 11 is 0. The number of hydrogen-bond acceptors (Lipinski definition) is 4. The van der Waals surface area contributed by atoms with Gasteiger partial charge in [-0.3, -0.25) is 4.99 Å². The van der Waals surface area contributed by atoms with E-state index in [9.17, 15) is 4.79 Å². The van der Waals surface area contributed by atoms with Gasteiger partial charge in [-0.1, -0.05) is 6.07 Å². The van der Waals surface area contributed by atoms with Gasteiger partial charge in [-0.05, 0) is 36.4 Å². The van der Waals surface area contributed by atoms with Crippen molar-refractivity contribution in [3.63, 3.8) is 0 Å². The van der Waals surface area contributed by atoms with Crippen molar-refractivity contribution in [1.82, 2.24) is 0 Å². The SMILES string of the molecule is COc1ccc(OC)c(C=Nc2cccc(C(=O)O)c2)c1. The van der Waals surface area contributed by atoms with Crippen molar-refractivity contribution in [2.45, 2.75) is 0 Å². The van der Waals surface area contributed by atoms with E-state index in [0.29, 0.717) is 17.2 Å². The van der Waals surface area contributed by atoms with Crippen LogP contribution in [0.25, 0.3) is 0 Å². The number of methoxy groups -OCH3 is 2. The van der Waals surface area contributed by atoms with E-state index < -0.39 is 5.97 Å². The Hall–Kier alpha value is -2.82. The first-order valence-electron chi connectivity index (χ1n) is 6.23. The van der Waals surface area contributed by atoms with Gasteiger partial charge in [0.15, 0.2) is 0 Å². The minimum absolute atomic E-state index is 0.197. The van der Waals surface area contributed by atoms with Crippen LogP contribution in [0.3, 0.4) is 0 Å². The molecule has 2 aromatic rings. The third-order valence-corrected chi connectivity index (χ3v) is 2.88. The number of hydrogen-bond donors (Lipinski definition) is 1. The largest absolute Gasteiger partial charge is 0.497 e. The smallest absolute Gasteiger partial charge is 0.335 e. The molecule has 0 amide bonds. The highest BCUT2D eigenvalue weighted by molar-refractivity contribution is 5.90. The first kappa shape index (κ1) is 14.6. The molecule has 21 heavy (non-hydrogen) atoms. The van der Waals surface area contributed by atoms with Crippen LogP contribution in [-0.4, -0.2) is 31.5 Å². The van der Waals surface area contributed by atoms with Crippen molar-refractivity contribution in [2.24, 2.45) is 4.99 Å².